The molecule has 0 atom stereocenters. The Morgan fingerprint density at radius 2 is 1.54 bits per heavy atom. The number of halogens is 2. The summed E-state index contributed by atoms with van der Waals surface area (Å²) >= 11 is 7.07. The van der Waals surface area contributed by atoms with Crippen LogP contribution in [0.25, 0.3) is 33.1 Å². The summed E-state index contributed by atoms with van der Waals surface area (Å²) in [6.45, 7) is 0. The Hall–Kier alpha value is -2.03. The summed E-state index contributed by atoms with van der Waals surface area (Å²) in [5.41, 5.74) is 4.93. The number of hydrogen-bond acceptors (Lipinski definition) is 1. The van der Waals surface area contributed by atoms with Crippen LogP contribution >= 0.6 is 31.9 Å². The molecule has 2 aromatic carbocycles. The van der Waals surface area contributed by atoms with Crippen molar-refractivity contribution in [2.75, 3.05) is 0 Å². The van der Waals surface area contributed by atoms with Gasteiger partial charge in [0.05, 0.1) is 11.3 Å². The highest BCUT2D eigenvalue weighted by Crippen LogP contribution is 2.38. The first-order chi connectivity index (χ1) is 11.5. The van der Waals surface area contributed by atoms with Gasteiger partial charge in [0.1, 0.15) is 6.07 Å². The van der Waals surface area contributed by atoms with Crippen LogP contribution in [0.1, 0.15) is 5.56 Å². The molecule has 0 radical (unpaired) electrons. The van der Waals surface area contributed by atoms with Crippen LogP contribution in [0.5, 0.6) is 0 Å². The van der Waals surface area contributed by atoms with Gasteiger partial charge >= 0.3 is 0 Å². The average molecular weight is 443 g/mol. The van der Waals surface area contributed by atoms with Gasteiger partial charge in [-0.3, -0.25) is 0 Å². The molecule has 0 amide bonds. The van der Waals surface area contributed by atoms with E-state index in [2.05, 4.69) is 65.4 Å². The second-order valence-corrected chi connectivity index (χ2v) is 7.70. The lowest BCUT2D eigenvalue weighted by molar-refractivity contribution is 0.956. The second-order valence-electron chi connectivity index (χ2n) is 5.87. The predicted octanol–water partition coefficient (Wildman–Crippen LogP) is 5.73. The van der Waals surface area contributed by atoms with Crippen LogP contribution in [-0.2, 0) is 14.1 Å². The normalized spacial score (nSPS) is 11.3. The van der Waals surface area contributed by atoms with Crippen molar-refractivity contribution in [3.05, 3.63) is 57.1 Å². The van der Waals surface area contributed by atoms with E-state index >= 15 is 0 Å². The van der Waals surface area contributed by atoms with Crippen molar-refractivity contribution >= 4 is 53.7 Å². The molecule has 3 nitrogen and oxygen atoms in total. The number of fused-ring (bicyclic) bond motifs is 2. The van der Waals surface area contributed by atoms with Gasteiger partial charge < -0.3 is 9.13 Å². The van der Waals surface area contributed by atoms with Gasteiger partial charge in [0.2, 0.25) is 0 Å². The van der Waals surface area contributed by atoms with Gasteiger partial charge in [-0.15, -0.1) is 0 Å². The number of aromatic nitrogens is 2. The number of hydrogen-bond donors (Lipinski definition) is 0. The zero-order valence-corrected chi connectivity index (χ0v) is 16.3. The lowest BCUT2D eigenvalue weighted by atomic mass is 10.1. The molecule has 2 aromatic heterocycles. The molecule has 4 rings (SSSR count). The van der Waals surface area contributed by atoms with Gasteiger partial charge in [0.25, 0.3) is 0 Å². The van der Waals surface area contributed by atoms with E-state index in [0.29, 0.717) is 5.56 Å². The van der Waals surface area contributed by atoms with E-state index in [9.17, 15) is 5.26 Å². The quantitative estimate of drug-likeness (QED) is 0.370. The SMILES string of the molecule is Cn1cc(-c2c(C#N)c3cc(Br)ccc3n2C)c2cc(Br)ccc21. The Kier molecular flexibility index (Phi) is 3.56. The third-order valence-corrected chi connectivity index (χ3v) is 5.47. The van der Waals surface area contributed by atoms with Crippen molar-refractivity contribution in [3.63, 3.8) is 0 Å². The van der Waals surface area contributed by atoms with Gasteiger partial charge in [0, 0.05) is 56.6 Å². The Labute approximate surface area is 156 Å². The van der Waals surface area contributed by atoms with Crippen LogP contribution in [0.3, 0.4) is 0 Å². The zero-order valence-electron chi connectivity index (χ0n) is 13.1. The molecule has 118 valence electrons. The maximum Gasteiger partial charge on any atom is 0.102 e. The minimum Gasteiger partial charge on any atom is -0.350 e. The van der Waals surface area contributed by atoms with Crippen molar-refractivity contribution in [1.29, 1.82) is 5.26 Å². The monoisotopic (exact) mass is 441 g/mol. The summed E-state index contributed by atoms with van der Waals surface area (Å²) in [5, 5.41) is 11.9. The summed E-state index contributed by atoms with van der Waals surface area (Å²) in [7, 11) is 4.05. The first-order valence-corrected chi connectivity index (χ1v) is 9.03. The van der Waals surface area contributed by atoms with E-state index < -0.39 is 0 Å². The zero-order chi connectivity index (χ0) is 17.0. The summed E-state index contributed by atoms with van der Waals surface area (Å²) < 4.78 is 6.22. The van der Waals surface area contributed by atoms with Crippen LogP contribution in [-0.4, -0.2) is 9.13 Å². The number of nitriles is 1. The van der Waals surface area contributed by atoms with Crippen LogP contribution < -0.4 is 0 Å². The molecule has 0 saturated heterocycles. The highest BCUT2D eigenvalue weighted by Gasteiger charge is 2.20. The summed E-state index contributed by atoms with van der Waals surface area (Å²) in [4.78, 5) is 0. The summed E-state index contributed by atoms with van der Waals surface area (Å²) in [6.07, 6.45) is 2.10. The number of rotatable bonds is 1. The van der Waals surface area contributed by atoms with Crippen molar-refractivity contribution in [2.24, 2.45) is 14.1 Å². The number of benzene rings is 2. The van der Waals surface area contributed by atoms with Gasteiger partial charge in [-0.1, -0.05) is 31.9 Å². The lowest BCUT2D eigenvalue weighted by Gasteiger charge is -2.04. The number of nitrogens with zero attached hydrogens (tertiary/aromatic N) is 3. The molecule has 0 N–H and O–H groups in total. The van der Waals surface area contributed by atoms with Gasteiger partial charge in [-0.05, 0) is 36.4 Å². The third kappa shape index (κ3) is 2.14. The fourth-order valence-electron chi connectivity index (χ4n) is 3.40. The Bertz CT molecular complexity index is 1160. The van der Waals surface area contributed by atoms with E-state index in [4.69, 9.17) is 0 Å². The van der Waals surface area contributed by atoms with E-state index in [1.165, 1.54) is 0 Å². The highest BCUT2D eigenvalue weighted by atomic mass is 79.9. The van der Waals surface area contributed by atoms with E-state index in [1.54, 1.807) is 0 Å². The molecule has 5 heteroatoms. The maximum absolute atomic E-state index is 9.82. The minimum atomic E-state index is 0.710. The lowest BCUT2D eigenvalue weighted by Crippen LogP contribution is -1.92. The minimum absolute atomic E-state index is 0.710. The molecule has 2 heterocycles. The largest absolute Gasteiger partial charge is 0.350 e. The van der Waals surface area contributed by atoms with Crippen LogP contribution in [0.4, 0.5) is 0 Å². The van der Waals surface area contributed by atoms with E-state index in [-0.39, 0.29) is 0 Å². The van der Waals surface area contributed by atoms with Crippen molar-refractivity contribution in [2.45, 2.75) is 0 Å². The Morgan fingerprint density at radius 1 is 0.917 bits per heavy atom. The highest BCUT2D eigenvalue weighted by molar-refractivity contribution is 9.10. The molecule has 0 aliphatic heterocycles. The van der Waals surface area contributed by atoms with E-state index in [1.807, 2.05) is 38.4 Å². The molecule has 0 fully saturated rings. The van der Waals surface area contributed by atoms with Crippen LogP contribution in [0.2, 0.25) is 0 Å². The van der Waals surface area contributed by atoms with Gasteiger partial charge in [-0.25, -0.2) is 0 Å². The molecule has 0 spiro atoms. The van der Waals surface area contributed by atoms with Crippen molar-refractivity contribution in [3.8, 4) is 17.3 Å². The summed E-state index contributed by atoms with van der Waals surface area (Å²) in [6, 6.07) is 14.7. The van der Waals surface area contributed by atoms with Crippen LogP contribution in [0, 0.1) is 11.3 Å². The van der Waals surface area contributed by atoms with Crippen molar-refractivity contribution < 1.29 is 0 Å². The Balaban J connectivity index is 2.17. The fourth-order valence-corrected chi connectivity index (χ4v) is 4.12. The van der Waals surface area contributed by atoms with Crippen molar-refractivity contribution in [1.82, 2.24) is 9.13 Å². The first-order valence-electron chi connectivity index (χ1n) is 7.44. The summed E-state index contributed by atoms with van der Waals surface area (Å²) in [5.74, 6) is 0. The molecule has 0 aliphatic carbocycles. The van der Waals surface area contributed by atoms with E-state index in [0.717, 1.165) is 42.0 Å². The topological polar surface area (TPSA) is 33.6 Å². The molecular formula is C19H13Br2N3. The number of aryl methyl sites for hydroxylation is 2. The molecule has 0 unspecified atom stereocenters. The Morgan fingerprint density at radius 3 is 2.21 bits per heavy atom. The van der Waals surface area contributed by atoms with Gasteiger partial charge in [0.15, 0.2) is 0 Å². The molecule has 0 saturated carbocycles. The molecule has 4 aromatic rings. The molecule has 24 heavy (non-hydrogen) atoms. The molecule has 0 bridgehead atoms. The van der Waals surface area contributed by atoms with Crippen LogP contribution in [0.15, 0.2) is 51.5 Å². The second kappa shape index (κ2) is 5.51. The third-order valence-electron chi connectivity index (χ3n) is 4.48. The predicted molar refractivity (Wildman–Crippen MR) is 105 cm³/mol. The first kappa shape index (κ1) is 15.5. The molecule has 0 aliphatic rings. The standard InChI is InChI=1S/C19H13Br2N3/c1-23-10-16(14-8-11(20)3-5-17(14)23)19-15(9-22)13-7-12(21)4-6-18(13)24(19)2/h3-8,10H,1-2H3. The maximum atomic E-state index is 9.82. The fraction of sp³-hybridized carbons (Fsp3) is 0.105. The average Bonchev–Trinajstić information content (AvgIpc) is 3.01. The van der Waals surface area contributed by atoms with Gasteiger partial charge in [-0.2, -0.15) is 5.26 Å². The smallest absolute Gasteiger partial charge is 0.102 e. The molecular weight excluding hydrogens is 430 g/mol.